The van der Waals surface area contributed by atoms with Gasteiger partial charge in [0, 0.05) is 6.92 Å². The first-order valence-electron chi connectivity index (χ1n) is 11.5. The van der Waals surface area contributed by atoms with Crippen LogP contribution >= 0.6 is 0 Å². The molecule has 1 saturated carbocycles. The molecule has 0 aromatic heterocycles. The number of hydrogen-bond donors (Lipinski definition) is 1. The molecule has 3 atom stereocenters. The number of carbonyl (C=O) groups is 1. The molecular weight excluding hydrogens is 466 g/mol. The van der Waals surface area contributed by atoms with Crippen LogP contribution in [0.5, 0.6) is 0 Å². The van der Waals surface area contributed by atoms with E-state index in [0.29, 0.717) is 12.1 Å². The highest BCUT2D eigenvalue weighted by molar-refractivity contribution is 5.91. The second-order valence-corrected chi connectivity index (χ2v) is 9.21. The van der Waals surface area contributed by atoms with Crippen molar-refractivity contribution in [1.82, 2.24) is 4.90 Å². The third-order valence-corrected chi connectivity index (χ3v) is 7.62. The van der Waals surface area contributed by atoms with Crippen LogP contribution in [-0.4, -0.2) is 59.6 Å². The number of halogens is 1. The summed E-state index contributed by atoms with van der Waals surface area (Å²) >= 11 is 0. The van der Waals surface area contributed by atoms with E-state index in [1.807, 2.05) is 36.4 Å². The number of benzene rings is 2. The Hall–Kier alpha value is -2.18. The van der Waals surface area contributed by atoms with E-state index in [9.17, 15) is 4.79 Å². The molecule has 2 N–H and O–H groups in total. The van der Waals surface area contributed by atoms with Gasteiger partial charge in [0.25, 0.3) is 0 Å². The monoisotopic (exact) mass is 497 g/mol. The highest BCUT2D eigenvalue weighted by atomic mass is 79.9. The number of hydrogen-bond acceptors (Lipinski definition) is 3. The molecule has 0 spiro atoms. The number of carbonyl (C=O) groups excluding carboxylic acids is 1. The van der Waals surface area contributed by atoms with Crippen molar-refractivity contribution >= 4 is 11.7 Å². The van der Waals surface area contributed by atoms with Gasteiger partial charge in [0.2, 0.25) is 11.7 Å². The molecule has 1 saturated heterocycles. The summed E-state index contributed by atoms with van der Waals surface area (Å²) in [5, 5.41) is 0. The van der Waals surface area contributed by atoms with Gasteiger partial charge in [-0.1, -0.05) is 60.7 Å². The van der Waals surface area contributed by atoms with Gasteiger partial charge >= 0.3 is 0 Å². The van der Waals surface area contributed by atoms with E-state index in [1.54, 1.807) is 0 Å². The Labute approximate surface area is 201 Å². The van der Waals surface area contributed by atoms with Crippen LogP contribution in [0.25, 0.3) is 0 Å². The van der Waals surface area contributed by atoms with Crippen LogP contribution < -0.4 is 22.7 Å². The number of nitrogens with two attached hydrogens (primary N) is 1. The van der Waals surface area contributed by atoms with Gasteiger partial charge in [0.15, 0.2) is 0 Å². The van der Waals surface area contributed by atoms with E-state index in [-0.39, 0.29) is 28.8 Å². The third kappa shape index (κ3) is 3.99. The highest BCUT2D eigenvalue weighted by Crippen LogP contribution is 2.48. The van der Waals surface area contributed by atoms with Crippen molar-refractivity contribution < 1.29 is 31.1 Å². The Morgan fingerprint density at radius 1 is 1.09 bits per heavy atom. The van der Waals surface area contributed by atoms with Crippen LogP contribution in [0, 0.1) is 5.92 Å². The summed E-state index contributed by atoms with van der Waals surface area (Å²) in [6.07, 6.45) is 3.46. The van der Waals surface area contributed by atoms with Gasteiger partial charge in [-0.05, 0) is 36.3 Å². The predicted octanol–water partition coefficient (Wildman–Crippen LogP) is -0.224. The van der Waals surface area contributed by atoms with Crippen LogP contribution in [0.4, 0.5) is 0 Å². The Balaban J connectivity index is 0.00000245. The topological polar surface area (TPSA) is 61.9 Å². The van der Waals surface area contributed by atoms with Crippen molar-refractivity contribution in [1.29, 1.82) is 0 Å². The van der Waals surface area contributed by atoms with Crippen LogP contribution in [-0.2, 0) is 14.9 Å². The first kappa shape index (κ1) is 23.0. The van der Waals surface area contributed by atoms with E-state index in [4.69, 9.17) is 10.5 Å². The molecular formula is C26H32BrN3O2. The number of amides is 1. The van der Waals surface area contributed by atoms with E-state index in [0.717, 1.165) is 56.6 Å². The first-order chi connectivity index (χ1) is 15.1. The first-order valence-corrected chi connectivity index (χ1v) is 11.5. The molecule has 6 heteroatoms. The fraction of sp³-hybridized carbons (Fsp3) is 0.462. The van der Waals surface area contributed by atoms with E-state index < -0.39 is 5.41 Å². The zero-order valence-electron chi connectivity index (χ0n) is 18.6. The van der Waals surface area contributed by atoms with Gasteiger partial charge < -0.3 is 27.5 Å². The molecule has 1 aliphatic carbocycles. The molecule has 0 bridgehead atoms. The molecule has 0 radical (unpaired) electrons. The van der Waals surface area contributed by atoms with Gasteiger partial charge in [-0.15, -0.1) is 0 Å². The Bertz CT molecular complexity index is 936. The summed E-state index contributed by atoms with van der Waals surface area (Å²) in [6, 6.07) is 20.8. The number of rotatable bonds is 7. The fourth-order valence-corrected chi connectivity index (χ4v) is 5.98. The molecule has 1 unspecified atom stereocenters. The molecule has 3 aliphatic rings. The van der Waals surface area contributed by atoms with Gasteiger partial charge in [0.1, 0.15) is 31.2 Å². The van der Waals surface area contributed by atoms with Gasteiger partial charge in [-0.3, -0.25) is 14.3 Å². The standard InChI is InChI=1S/C26H31N3O2.BrH/c1-19-28(17-24-18-31-24)14-15-29(19)23-13-12-22(16-23)26(25(27)30,20-8-4-2-5-9-20)21-10-6-3-7-11-21;/h2-11,22-24H,12-18H2,1H3,(H-,27,30);1H/t22-,23+,24?;/m0./s1. The van der Waals surface area contributed by atoms with Crippen molar-refractivity contribution in [3.05, 3.63) is 71.8 Å². The van der Waals surface area contributed by atoms with Gasteiger partial charge in [-0.2, -0.15) is 0 Å². The molecule has 2 aromatic rings. The molecule has 2 aliphatic heterocycles. The molecule has 170 valence electrons. The van der Waals surface area contributed by atoms with Crippen LogP contribution in [0.1, 0.15) is 37.3 Å². The number of amidine groups is 1. The second kappa shape index (κ2) is 9.36. The summed E-state index contributed by atoms with van der Waals surface area (Å²) < 4.78 is 7.90. The Morgan fingerprint density at radius 2 is 1.69 bits per heavy atom. The van der Waals surface area contributed by atoms with Crippen molar-refractivity contribution in [3.8, 4) is 0 Å². The van der Waals surface area contributed by atoms with E-state index >= 15 is 0 Å². The van der Waals surface area contributed by atoms with Crippen molar-refractivity contribution in [2.75, 3.05) is 26.2 Å². The Kier molecular flexibility index (Phi) is 6.72. The Morgan fingerprint density at radius 3 is 2.22 bits per heavy atom. The number of nitrogens with zero attached hydrogens (tertiary/aromatic N) is 2. The molecule has 5 rings (SSSR count). The van der Waals surface area contributed by atoms with Crippen LogP contribution in [0.15, 0.2) is 60.7 Å². The summed E-state index contributed by atoms with van der Waals surface area (Å²) in [6.45, 7) is 6.24. The normalized spacial score (nSPS) is 25.0. The second-order valence-electron chi connectivity index (χ2n) is 9.21. The average molecular weight is 498 g/mol. The summed E-state index contributed by atoms with van der Waals surface area (Å²) in [7, 11) is 0. The summed E-state index contributed by atoms with van der Waals surface area (Å²) in [5.74, 6) is 1.28. The zero-order chi connectivity index (χ0) is 21.4. The van der Waals surface area contributed by atoms with E-state index in [2.05, 4.69) is 40.7 Å². The molecule has 32 heavy (non-hydrogen) atoms. The summed E-state index contributed by atoms with van der Waals surface area (Å²) in [5.41, 5.74) is 7.46. The maximum absolute atomic E-state index is 13.3. The summed E-state index contributed by atoms with van der Waals surface area (Å²) in [4.78, 5) is 15.8. The lowest BCUT2D eigenvalue weighted by Crippen LogP contribution is -3.00. The third-order valence-electron chi connectivity index (χ3n) is 7.62. The predicted molar refractivity (Wildman–Crippen MR) is 121 cm³/mol. The number of primary amides is 1. The lowest BCUT2D eigenvalue weighted by Gasteiger charge is -2.37. The molecule has 2 aromatic carbocycles. The molecule has 2 heterocycles. The smallest absolute Gasteiger partial charge is 0.244 e. The maximum Gasteiger partial charge on any atom is 0.244 e. The van der Waals surface area contributed by atoms with Crippen LogP contribution in [0.3, 0.4) is 0 Å². The van der Waals surface area contributed by atoms with Crippen molar-refractivity contribution in [3.63, 3.8) is 0 Å². The van der Waals surface area contributed by atoms with Crippen molar-refractivity contribution in [2.24, 2.45) is 11.7 Å². The average Bonchev–Trinajstić information content (AvgIpc) is 3.36. The fourth-order valence-electron chi connectivity index (χ4n) is 5.98. The maximum atomic E-state index is 13.3. The number of ether oxygens (including phenoxy) is 1. The molecule has 1 amide bonds. The molecule has 5 nitrogen and oxygen atoms in total. The minimum Gasteiger partial charge on any atom is -1.00 e. The van der Waals surface area contributed by atoms with E-state index in [1.165, 1.54) is 5.84 Å². The van der Waals surface area contributed by atoms with Crippen molar-refractivity contribution in [2.45, 2.75) is 43.7 Å². The minimum absolute atomic E-state index is 0. The zero-order valence-corrected chi connectivity index (χ0v) is 20.2. The highest BCUT2D eigenvalue weighted by Gasteiger charge is 2.52. The SMILES string of the molecule is CC1=[N+](CC2CO2)CCN1[C@@H]1CC[C@H](C(C(N)=O)(c2ccccc2)c2ccccc2)C1.[Br-]. The van der Waals surface area contributed by atoms with Gasteiger partial charge in [-0.25, -0.2) is 0 Å². The largest absolute Gasteiger partial charge is 1.00 e. The van der Waals surface area contributed by atoms with Crippen LogP contribution in [0.2, 0.25) is 0 Å². The number of epoxide rings is 1. The molecule has 2 fully saturated rings. The minimum atomic E-state index is -0.799. The van der Waals surface area contributed by atoms with Gasteiger partial charge in [0.05, 0.1) is 12.6 Å². The lowest BCUT2D eigenvalue weighted by molar-refractivity contribution is -0.520. The lowest BCUT2D eigenvalue weighted by atomic mass is 9.64. The quantitative estimate of drug-likeness (QED) is 0.424.